The molecule has 3 aromatic rings. The normalized spacial score (nSPS) is 14.0. The SMILES string of the molecule is COc1ccc(CCC(=O)Nc2ccc3c(N4CCOCC4)ncnc3c2)cc1. The summed E-state index contributed by atoms with van der Waals surface area (Å²) in [5.74, 6) is 1.70. The topological polar surface area (TPSA) is 76.6 Å². The Bertz CT molecular complexity index is 985. The van der Waals surface area contributed by atoms with Gasteiger partial charge in [-0.3, -0.25) is 4.79 Å². The molecule has 4 rings (SSSR count). The lowest BCUT2D eigenvalue weighted by molar-refractivity contribution is -0.116. The number of amides is 1. The summed E-state index contributed by atoms with van der Waals surface area (Å²) >= 11 is 0. The zero-order valence-corrected chi connectivity index (χ0v) is 16.4. The monoisotopic (exact) mass is 392 g/mol. The van der Waals surface area contributed by atoms with Crippen LogP contribution in [0.25, 0.3) is 10.9 Å². The van der Waals surface area contributed by atoms with Crippen molar-refractivity contribution in [2.75, 3.05) is 43.6 Å². The van der Waals surface area contributed by atoms with Crippen LogP contribution in [-0.2, 0) is 16.0 Å². The molecule has 1 aliphatic heterocycles. The largest absolute Gasteiger partial charge is 0.497 e. The molecule has 0 aliphatic carbocycles. The van der Waals surface area contributed by atoms with E-state index in [4.69, 9.17) is 9.47 Å². The van der Waals surface area contributed by atoms with Gasteiger partial charge in [-0.05, 0) is 42.3 Å². The first-order valence-corrected chi connectivity index (χ1v) is 9.73. The number of anilines is 2. The second kappa shape index (κ2) is 8.87. The number of ether oxygens (including phenoxy) is 2. The minimum absolute atomic E-state index is 0.0253. The molecule has 1 aliphatic rings. The van der Waals surface area contributed by atoms with E-state index in [0.29, 0.717) is 26.1 Å². The van der Waals surface area contributed by atoms with Crippen molar-refractivity contribution < 1.29 is 14.3 Å². The number of carbonyl (C=O) groups is 1. The van der Waals surface area contributed by atoms with E-state index in [1.54, 1.807) is 13.4 Å². The molecular weight excluding hydrogens is 368 g/mol. The predicted octanol–water partition coefficient (Wildman–Crippen LogP) is 3.05. The molecule has 2 aromatic carbocycles. The van der Waals surface area contributed by atoms with Crippen LogP contribution in [0.15, 0.2) is 48.8 Å². The van der Waals surface area contributed by atoms with Gasteiger partial charge in [0.1, 0.15) is 17.9 Å². The number of hydrogen-bond acceptors (Lipinski definition) is 6. The van der Waals surface area contributed by atoms with Crippen LogP contribution in [0, 0.1) is 0 Å². The van der Waals surface area contributed by atoms with Crippen molar-refractivity contribution in [3.05, 3.63) is 54.4 Å². The molecule has 1 amide bonds. The number of morpholine rings is 1. The van der Waals surface area contributed by atoms with Gasteiger partial charge in [0.05, 0.1) is 25.8 Å². The van der Waals surface area contributed by atoms with E-state index in [1.165, 1.54) is 0 Å². The molecule has 1 aromatic heterocycles. The van der Waals surface area contributed by atoms with Gasteiger partial charge >= 0.3 is 0 Å². The molecule has 0 radical (unpaired) electrons. The molecule has 0 atom stereocenters. The molecule has 7 nitrogen and oxygen atoms in total. The van der Waals surface area contributed by atoms with Gasteiger partial charge in [-0.15, -0.1) is 0 Å². The van der Waals surface area contributed by atoms with Crippen molar-refractivity contribution in [1.82, 2.24) is 9.97 Å². The van der Waals surface area contributed by atoms with E-state index in [9.17, 15) is 4.79 Å². The average Bonchev–Trinajstić information content (AvgIpc) is 2.78. The van der Waals surface area contributed by atoms with E-state index >= 15 is 0 Å². The van der Waals surface area contributed by atoms with E-state index in [0.717, 1.165) is 46.8 Å². The lowest BCUT2D eigenvalue weighted by Gasteiger charge is -2.28. The molecule has 0 bridgehead atoms. The molecule has 0 spiro atoms. The Labute approximate surface area is 169 Å². The number of aromatic nitrogens is 2. The molecule has 29 heavy (non-hydrogen) atoms. The van der Waals surface area contributed by atoms with Crippen LogP contribution < -0.4 is 15.0 Å². The highest BCUT2D eigenvalue weighted by Crippen LogP contribution is 2.26. The highest BCUT2D eigenvalue weighted by molar-refractivity contribution is 5.96. The van der Waals surface area contributed by atoms with E-state index in [1.807, 2.05) is 42.5 Å². The third kappa shape index (κ3) is 4.63. The number of nitrogens with zero attached hydrogens (tertiary/aromatic N) is 3. The highest BCUT2D eigenvalue weighted by Gasteiger charge is 2.16. The second-order valence-corrected chi connectivity index (χ2v) is 6.92. The number of fused-ring (bicyclic) bond motifs is 1. The second-order valence-electron chi connectivity index (χ2n) is 6.92. The zero-order chi connectivity index (χ0) is 20.1. The van der Waals surface area contributed by atoms with Crippen LogP contribution in [0.4, 0.5) is 11.5 Å². The molecule has 1 fully saturated rings. The molecule has 0 unspecified atom stereocenters. The van der Waals surface area contributed by atoms with Gasteiger partial charge in [-0.25, -0.2) is 9.97 Å². The highest BCUT2D eigenvalue weighted by atomic mass is 16.5. The first-order chi connectivity index (χ1) is 14.2. The van der Waals surface area contributed by atoms with E-state index in [2.05, 4.69) is 20.2 Å². The number of hydrogen-bond donors (Lipinski definition) is 1. The quantitative estimate of drug-likeness (QED) is 0.695. The first kappa shape index (κ1) is 19.1. The van der Waals surface area contributed by atoms with Crippen LogP contribution >= 0.6 is 0 Å². The molecular formula is C22H24N4O3. The maximum Gasteiger partial charge on any atom is 0.224 e. The first-order valence-electron chi connectivity index (χ1n) is 9.73. The summed E-state index contributed by atoms with van der Waals surface area (Å²) in [4.78, 5) is 23.4. The summed E-state index contributed by atoms with van der Waals surface area (Å²) < 4.78 is 10.6. The van der Waals surface area contributed by atoms with Gasteiger partial charge in [0.15, 0.2) is 0 Å². The summed E-state index contributed by atoms with van der Waals surface area (Å²) in [5, 5.41) is 3.95. The molecule has 2 heterocycles. The van der Waals surface area contributed by atoms with Crippen molar-refractivity contribution >= 4 is 28.3 Å². The van der Waals surface area contributed by atoms with Gasteiger partial charge < -0.3 is 19.7 Å². The van der Waals surface area contributed by atoms with Gasteiger partial charge in [0, 0.05) is 30.6 Å². The fourth-order valence-corrected chi connectivity index (χ4v) is 3.42. The third-order valence-corrected chi connectivity index (χ3v) is 5.01. The van der Waals surface area contributed by atoms with Crippen LogP contribution in [0.5, 0.6) is 5.75 Å². The maximum atomic E-state index is 12.4. The summed E-state index contributed by atoms with van der Waals surface area (Å²) in [5.41, 5.74) is 2.65. The Hall–Kier alpha value is -3.19. The van der Waals surface area contributed by atoms with Crippen LogP contribution in [0.2, 0.25) is 0 Å². The minimum Gasteiger partial charge on any atom is -0.497 e. The molecule has 1 N–H and O–H groups in total. The summed E-state index contributed by atoms with van der Waals surface area (Å²) in [6.07, 6.45) is 2.66. The predicted molar refractivity (Wildman–Crippen MR) is 113 cm³/mol. The lowest BCUT2D eigenvalue weighted by atomic mass is 10.1. The van der Waals surface area contributed by atoms with Crippen LogP contribution in [0.3, 0.4) is 0 Å². The van der Waals surface area contributed by atoms with E-state index < -0.39 is 0 Å². The van der Waals surface area contributed by atoms with Gasteiger partial charge in [0.25, 0.3) is 0 Å². The average molecular weight is 392 g/mol. The van der Waals surface area contributed by atoms with Crippen molar-refractivity contribution in [2.24, 2.45) is 0 Å². The van der Waals surface area contributed by atoms with Gasteiger partial charge in [-0.2, -0.15) is 0 Å². The molecule has 150 valence electrons. The van der Waals surface area contributed by atoms with E-state index in [-0.39, 0.29) is 5.91 Å². The summed E-state index contributed by atoms with van der Waals surface area (Å²) in [6.45, 7) is 3.04. The fourth-order valence-electron chi connectivity index (χ4n) is 3.42. The molecule has 1 saturated heterocycles. The van der Waals surface area contributed by atoms with Crippen LogP contribution in [-0.4, -0.2) is 49.3 Å². The van der Waals surface area contributed by atoms with Crippen molar-refractivity contribution in [1.29, 1.82) is 0 Å². The standard InChI is InChI=1S/C22H24N4O3/c1-28-18-6-2-16(3-7-18)4-9-21(27)25-17-5-8-19-20(14-17)23-15-24-22(19)26-10-12-29-13-11-26/h2-3,5-8,14-15H,4,9-13H2,1H3,(H,25,27). The Balaban J connectivity index is 1.41. The Morgan fingerprint density at radius 3 is 2.69 bits per heavy atom. The van der Waals surface area contributed by atoms with Gasteiger partial charge in [0.2, 0.25) is 5.91 Å². The van der Waals surface area contributed by atoms with Crippen molar-refractivity contribution in [3.8, 4) is 5.75 Å². The van der Waals surface area contributed by atoms with Crippen molar-refractivity contribution in [2.45, 2.75) is 12.8 Å². The molecule has 7 heteroatoms. The number of benzene rings is 2. The smallest absolute Gasteiger partial charge is 0.224 e. The number of rotatable bonds is 6. The van der Waals surface area contributed by atoms with Crippen molar-refractivity contribution in [3.63, 3.8) is 0 Å². The Morgan fingerprint density at radius 2 is 1.93 bits per heavy atom. The summed E-state index contributed by atoms with van der Waals surface area (Å²) in [7, 11) is 1.64. The Kier molecular flexibility index (Phi) is 5.86. The summed E-state index contributed by atoms with van der Waals surface area (Å²) in [6, 6.07) is 13.5. The number of aryl methyl sites for hydroxylation is 1. The number of methoxy groups -OCH3 is 1. The van der Waals surface area contributed by atoms with Crippen LogP contribution in [0.1, 0.15) is 12.0 Å². The fraction of sp³-hybridized carbons (Fsp3) is 0.318. The number of carbonyl (C=O) groups excluding carboxylic acids is 1. The molecule has 0 saturated carbocycles. The minimum atomic E-state index is -0.0253. The number of nitrogens with one attached hydrogen (secondary N) is 1. The van der Waals surface area contributed by atoms with Gasteiger partial charge in [-0.1, -0.05) is 12.1 Å². The lowest BCUT2D eigenvalue weighted by Crippen LogP contribution is -2.36. The Morgan fingerprint density at radius 1 is 1.14 bits per heavy atom. The maximum absolute atomic E-state index is 12.4. The zero-order valence-electron chi connectivity index (χ0n) is 16.4. The third-order valence-electron chi connectivity index (χ3n) is 5.01.